The van der Waals surface area contributed by atoms with Crippen LogP contribution in [0.25, 0.3) is 0 Å². The summed E-state index contributed by atoms with van der Waals surface area (Å²) in [5.41, 5.74) is 0.399. The number of β-lactam (4-membered cyclic amide) rings is 1. The highest BCUT2D eigenvalue weighted by Crippen LogP contribution is 2.25. The highest BCUT2D eigenvalue weighted by atomic mass is 35.5. The lowest BCUT2D eigenvalue weighted by atomic mass is 10.0. The monoisotopic (exact) mass is 509 g/mol. The topological polar surface area (TPSA) is 160 Å². The third-order valence-electron chi connectivity index (χ3n) is 4.56. The normalized spacial score (nSPS) is 16.4. The number of thiazole rings is 1. The van der Waals surface area contributed by atoms with Gasteiger partial charge in [-0.3, -0.25) is 19.2 Å². The number of aromatic nitrogens is 1. The van der Waals surface area contributed by atoms with Crippen LogP contribution in [0.5, 0.6) is 0 Å². The number of carboxylic acid groups (broad SMARTS) is 1. The first-order valence-electron chi connectivity index (χ1n) is 9.81. The SMILES string of the molecule is CO/N=C(\C(=O)NC[C@H]1CN(OC(C(=O)O)c2ccccc2)C1=O)c1csc(NC(=O)CCl)n1. The quantitative estimate of drug-likeness (QED) is 0.175. The maximum atomic E-state index is 12.6. The molecule has 2 heterocycles. The van der Waals surface area contributed by atoms with E-state index in [1.165, 1.54) is 12.5 Å². The molecule has 0 bridgehead atoms. The lowest BCUT2D eigenvalue weighted by Gasteiger charge is -2.38. The maximum absolute atomic E-state index is 12.6. The maximum Gasteiger partial charge on any atom is 0.340 e. The molecular weight excluding hydrogens is 490 g/mol. The number of amides is 3. The van der Waals surface area contributed by atoms with Crippen molar-refractivity contribution in [3.05, 3.63) is 47.0 Å². The highest BCUT2D eigenvalue weighted by Gasteiger charge is 2.41. The minimum Gasteiger partial charge on any atom is -0.479 e. The van der Waals surface area contributed by atoms with Crippen LogP contribution in [-0.2, 0) is 28.9 Å². The Morgan fingerprint density at radius 3 is 2.71 bits per heavy atom. The van der Waals surface area contributed by atoms with Crippen LogP contribution in [0.3, 0.4) is 0 Å². The first-order valence-corrected chi connectivity index (χ1v) is 11.2. The molecular formula is C20H20ClN5O7S. The molecule has 3 N–H and O–H groups in total. The van der Waals surface area contributed by atoms with Crippen LogP contribution in [-0.4, -0.2) is 70.6 Å². The summed E-state index contributed by atoms with van der Waals surface area (Å²) in [6.07, 6.45) is -1.33. The van der Waals surface area contributed by atoms with Crippen molar-refractivity contribution < 1.29 is 34.0 Å². The van der Waals surface area contributed by atoms with Crippen molar-refractivity contribution in [2.45, 2.75) is 6.10 Å². The Labute approximate surface area is 202 Å². The van der Waals surface area contributed by atoms with E-state index in [1.807, 2.05) is 0 Å². The van der Waals surface area contributed by atoms with Gasteiger partial charge in [-0.05, 0) is 5.56 Å². The van der Waals surface area contributed by atoms with Crippen LogP contribution in [0.1, 0.15) is 17.4 Å². The van der Waals surface area contributed by atoms with Crippen molar-refractivity contribution in [1.29, 1.82) is 0 Å². The van der Waals surface area contributed by atoms with Crippen LogP contribution < -0.4 is 10.6 Å². The zero-order valence-corrected chi connectivity index (χ0v) is 19.3. The Morgan fingerprint density at radius 2 is 2.09 bits per heavy atom. The average molecular weight is 510 g/mol. The average Bonchev–Trinajstić information content (AvgIpc) is 3.29. The summed E-state index contributed by atoms with van der Waals surface area (Å²) < 4.78 is 0. The fourth-order valence-electron chi connectivity index (χ4n) is 2.90. The fourth-order valence-corrected chi connectivity index (χ4v) is 3.68. The molecule has 1 aromatic carbocycles. The van der Waals surface area contributed by atoms with Crippen LogP contribution in [0, 0.1) is 5.92 Å². The molecule has 34 heavy (non-hydrogen) atoms. The van der Waals surface area contributed by atoms with E-state index in [1.54, 1.807) is 30.3 Å². The summed E-state index contributed by atoms with van der Waals surface area (Å²) in [4.78, 5) is 62.1. The number of carboxylic acids is 1. The summed E-state index contributed by atoms with van der Waals surface area (Å²) in [6, 6.07) is 8.24. The van der Waals surface area contributed by atoms with Crippen molar-refractivity contribution in [2.75, 3.05) is 31.4 Å². The minimum absolute atomic E-state index is 0.0384. The Kier molecular flexibility index (Phi) is 8.51. The summed E-state index contributed by atoms with van der Waals surface area (Å²) in [6.45, 7) is 0.0566. The number of anilines is 1. The van der Waals surface area contributed by atoms with Gasteiger partial charge in [-0.1, -0.05) is 35.5 Å². The lowest BCUT2D eigenvalue weighted by molar-refractivity contribution is -0.242. The third-order valence-corrected chi connectivity index (χ3v) is 5.56. The fraction of sp³-hybridized carbons (Fsp3) is 0.300. The van der Waals surface area contributed by atoms with Gasteiger partial charge in [-0.2, -0.15) is 0 Å². The molecule has 1 aromatic heterocycles. The van der Waals surface area contributed by atoms with Crippen molar-refractivity contribution >= 4 is 57.5 Å². The van der Waals surface area contributed by atoms with Gasteiger partial charge in [0.05, 0.1) is 12.5 Å². The largest absolute Gasteiger partial charge is 0.479 e. The van der Waals surface area contributed by atoms with Crippen molar-refractivity contribution in [2.24, 2.45) is 11.1 Å². The van der Waals surface area contributed by atoms with Gasteiger partial charge in [-0.25, -0.2) is 14.8 Å². The molecule has 0 saturated carbocycles. The number of oxime groups is 1. The lowest BCUT2D eigenvalue weighted by Crippen LogP contribution is -2.57. The molecule has 2 atom stereocenters. The molecule has 12 nitrogen and oxygen atoms in total. The second-order valence-corrected chi connectivity index (χ2v) is 8.01. The second-order valence-electron chi connectivity index (χ2n) is 6.88. The standard InChI is InChI=1S/C20H20ClN5O7S/c1-32-25-15(13-10-34-20(23-13)24-14(27)7-21)17(28)22-8-12-9-26(18(12)29)33-16(19(30)31)11-5-3-2-4-6-11/h2-6,10,12,16H,7-9H2,1H3,(H,22,28)(H,30,31)(H,23,24,27)/b25-15-/t12-,16?/m0/s1. The molecule has 0 radical (unpaired) electrons. The van der Waals surface area contributed by atoms with Gasteiger partial charge < -0.3 is 20.6 Å². The molecule has 1 saturated heterocycles. The minimum atomic E-state index is -1.33. The number of hydrogen-bond acceptors (Lipinski definition) is 9. The Bertz CT molecular complexity index is 1090. The van der Waals surface area contributed by atoms with E-state index >= 15 is 0 Å². The molecule has 1 aliphatic rings. The number of aliphatic carboxylic acids is 1. The number of benzene rings is 1. The van der Waals surface area contributed by atoms with Crippen molar-refractivity contribution in [3.8, 4) is 0 Å². The van der Waals surface area contributed by atoms with Gasteiger partial charge >= 0.3 is 5.97 Å². The first kappa shape index (κ1) is 25.1. The smallest absolute Gasteiger partial charge is 0.340 e. The molecule has 0 spiro atoms. The molecule has 1 fully saturated rings. The predicted molar refractivity (Wildman–Crippen MR) is 121 cm³/mol. The Balaban J connectivity index is 1.55. The number of nitrogens with one attached hydrogen (secondary N) is 2. The number of hydrogen-bond donors (Lipinski definition) is 3. The molecule has 14 heteroatoms. The predicted octanol–water partition coefficient (Wildman–Crippen LogP) is 1.00. The molecule has 1 aliphatic heterocycles. The van der Waals surface area contributed by atoms with E-state index in [0.717, 1.165) is 16.4 Å². The number of hydroxylamine groups is 2. The van der Waals surface area contributed by atoms with Gasteiger partial charge in [0.1, 0.15) is 18.7 Å². The van der Waals surface area contributed by atoms with E-state index in [4.69, 9.17) is 21.3 Å². The molecule has 2 aromatic rings. The van der Waals surface area contributed by atoms with Gasteiger partial charge in [0.25, 0.3) is 11.8 Å². The summed E-state index contributed by atoms with van der Waals surface area (Å²) >= 11 is 6.51. The van der Waals surface area contributed by atoms with E-state index < -0.39 is 35.7 Å². The van der Waals surface area contributed by atoms with Gasteiger partial charge in [0.2, 0.25) is 12.0 Å². The van der Waals surface area contributed by atoms with Crippen LogP contribution >= 0.6 is 22.9 Å². The third kappa shape index (κ3) is 6.07. The number of halogens is 1. The number of nitrogens with zero attached hydrogens (tertiary/aromatic N) is 3. The van der Waals surface area contributed by atoms with Crippen molar-refractivity contribution in [1.82, 2.24) is 15.4 Å². The number of carbonyl (C=O) groups is 4. The number of alkyl halides is 1. The molecule has 3 rings (SSSR count). The summed E-state index contributed by atoms with van der Waals surface area (Å²) in [5, 5.41) is 20.8. The first-order chi connectivity index (χ1) is 16.3. The Hall–Kier alpha value is -3.55. The van der Waals surface area contributed by atoms with Crippen LogP contribution in [0.4, 0.5) is 5.13 Å². The molecule has 1 unspecified atom stereocenters. The van der Waals surface area contributed by atoms with E-state index in [2.05, 4.69) is 20.8 Å². The number of carbonyl (C=O) groups excluding carboxylic acids is 3. The zero-order chi connectivity index (χ0) is 24.7. The molecule has 180 valence electrons. The highest BCUT2D eigenvalue weighted by molar-refractivity contribution is 7.14. The molecule has 0 aliphatic carbocycles. The zero-order valence-electron chi connectivity index (χ0n) is 17.8. The van der Waals surface area contributed by atoms with E-state index in [0.29, 0.717) is 5.56 Å². The molecule has 3 amide bonds. The van der Waals surface area contributed by atoms with Crippen LogP contribution in [0.15, 0.2) is 40.9 Å². The summed E-state index contributed by atoms with van der Waals surface area (Å²) in [7, 11) is 1.26. The van der Waals surface area contributed by atoms with E-state index in [9.17, 15) is 24.3 Å². The van der Waals surface area contributed by atoms with Crippen molar-refractivity contribution in [3.63, 3.8) is 0 Å². The van der Waals surface area contributed by atoms with Gasteiger partial charge in [0, 0.05) is 11.9 Å². The van der Waals surface area contributed by atoms with E-state index in [-0.39, 0.29) is 35.5 Å². The Morgan fingerprint density at radius 1 is 1.35 bits per heavy atom. The van der Waals surface area contributed by atoms with Gasteiger partial charge in [0.15, 0.2) is 10.8 Å². The van der Waals surface area contributed by atoms with Gasteiger partial charge in [-0.15, -0.1) is 22.9 Å². The van der Waals surface area contributed by atoms with Crippen LogP contribution in [0.2, 0.25) is 0 Å². The second kappa shape index (κ2) is 11.5. The summed E-state index contributed by atoms with van der Waals surface area (Å²) in [5.74, 6) is -3.66. The number of rotatable bonds is 11.